The van der Waals surface area contributed by atoms with E-state index in [1.165, 1.54) is 0 Å². The number of phenolic OH excluding ortho intramolecular Hbond substituents is 4. The number of benzene rings is 4. The molecule has 23 heteroatoms. The van der Waals surface area contributed by atoms with Crippen LogP contribution in [0.15, 0.2) is 97.1 Å². The Bertz CT molecular complexity index is 2040. The van der Waals surface area contributed by atoms with E-state index in [9.17, 15) is 49.2 Å². The Morgan fingerprint density at radius 2 is 0.481 bits per heavy atom. The predicted octanol–water partition coefficient (Wildman–Crippen LogP) is 7.63. The lowest BCUT2D eigenvalue weighted by Crippen LogP contribution is -2.47. The summed E-state index contributed by atoms with van der Waals surface area (Å²) >= 11 is 24.2. The molecule has 4 N–H and O–H groups in total. The Labute approximate surface area is 481 Å². The highest BCUT2D eigenvalue weighted by atomic mass is 32.1. The van der Waals surface area contributed by atoms with Crippen molar-refractivity contribution in [1.29, 1.82) is 0 Å². The molecule has 17 nitrogen and oxygen atoms in total. The maximum absolute atomic E-state index is 12.3. The standard InChI is InChI=1S/C28H46O13S6.C26H22O4/c29-21(1-7-42)36-15-27(16-37-22(30)2-8-43,17-38-23(31)3-9-44)13-35-14-28(18-39-24(32)4-10-45,19-40-25(33)5-11-46)20-41-26(34)6-12-47;27-21-9-1-17(2-10-21)25(18-3-11-22(28)12-4-18)26(19-5-13-23(29)14-6-19)20-7-15-24(30)16-8-20/h42-47H,1-20H2;1-16,25-30H. The van der Waals surface area contributed by atoms with E-state index in [2.05, 4.69) is 75.8 Å². The molecule has 422 valence electrons. The van der Waals surface area contributed by atoms with Crippen molar-refractivity contribution in [3.63, 3.8) is 0 Å². The van der Waals surface area contributed by atoms with Gasteiger partial charge in [0.05, 0.1) is 62.6 Å². The van der Waals surface area contributed by atoms with Crippen LogP contribution in [0, 0.1) is 10.8 Å². The smallest absolute Gasteiger partial charge is 0.306 e. The molecule has 0 aliphatic carbocycles. The van der Waals surface area contributed by atoms with Crippen LogP contribution in [0.3, 0.4) is 0 Å². The fourth-order valence-electron chi connectivity index (χ4n) is 7.25. The molecular weight excluding hydrogens is 1110 g/mol. The molecule has 0 aliphatic heterocycles. The fraction of sp³-hybridized carbons (Fsp3) is 0.444. The van der Waals surface area contributed by atoms with E-state index in [-0.39, 0.29) is 161 Å². The molecule has 0 amide bonds. The normalized spacial score (nSPS) is 11.3. The summed E-state index contributed by atoms with van der Waals surface area (Å²) < 4.78 is 38.6. The zero-order valence-corrected chi connectivity index (χ0v) is 47.7. The molecule has 0 aliphatic rings. The topological polar surface area (TPSA) is 248 Å². The van der Waals surface area contributed by atoms with E-state index in [1.54, 1.807) is 48.5 Å². The Kier molecular flexibility index (Phi) is 31.1. The summed E-state index contributed by atoms with van der Waals surface area (Å²) in [6, 6.07) is 28.4. The summed E-state index contributed by atoms with van der Waals surface area (Å²) in [7, 11) is 0. The molecular formula is C54H68O17S6. The molecule has 0 unspecified atom stereocenters. The number of phenols is 4. The number of carbonyl (C=O) groups is 6. The van der Waals surface area contributed by atoms with Crippen molar-refractivity contribution in [3.8, 4) is 23.0 Å². The molecule has 0 aromatic heterocycles. The lowest BCUT2D eigenvalue weighted by atomic mass is 9.73. The Balaban J connectivity index is 0.000000442. The van der Waals surface area contributed by atoms with Gasteiger partial charge < -0.3 is 53.6 Å². The second-order valence-electron chi connectivity index (χ2n) is 17.6. The van der Waals surface area contributed by atoms with Gasteiger partial charge in [0, 0.05) is 46.4 Å². The van der Waals surface area contributed by atoms with Crippen LogP contribution in [0.4, 0.5) is 0 Å². The highest BCUT2D eigenvalue weighted by molar-refractivity contribution is 7.81. The molecule has 0 saturated heterocycles. The molecule has 4 rings (SSSR count). The van der Waals surface area contributed by atoms with Crippen LogP contribution in [0.1, 0.15) is 72.6 Å². The number of esters is 6. The van der Waals surface area contributed by atoms with Crippen molar-refractivity contribution < 1.29 is 82.4 Å². The third kappa shape index (κ3) is 24.7. The van der Waals surface area contributed by atoms with Crippen molar-refractivity contribution in [3.05, 3.63) is 119 Å². The summed E-state index contributed by atoms with van der Waals surface area (Å²) in [4.78, 5) is 73.8. The quantitative estimate of drug-likeness (QED) is 0.0125. The summed E-state index contributed by atoms with van der Waals surface area (Å²) in [6.45, 7) is -3.02. The number of hydrogen-bond donors (Lipinski definition) is 10. The molecule has 0 saturated carbocycles. The predicted molar refractivity (Wildman–Crippen MR) is 308 cm³/mol. The Morgan fingerprint density at radius 3 is 0.636 bits per heavy atom. The summed E-state index contributed by atoms with van der Waals surface area (Å²) in [5.74, 6) is -1.89. The van der Waals surface area contributed by atoms with Crippen LogP contribution < -0.4 is 0 Å². The minimum atomic E-state index is -1.41. The van der Waals surface area contributed by atoms with Gasteiger partial charge >= 0.3 is 35.8 Å². The molecule has 0 heterocycles. The van der Waals surface area contributed by atoms with Crippen molar-refractivity contribution in [2.75, 3.05) is 87.4 Å². The van der Waals surface area contributed by atoms with Crippen LogP contribution in [-0.4, -0.2) is 144 Å². The number of carbonyl (C=O) groups excluding carboxylic acids is 6. The molecule has 4 aromatic rings. The van der Waals surface area contributed by atoms with Gasteiger partial charge in [0.1, 0.15) is 62.6 Å². The zero-order chi connectivity index (χ0) is 56.6. The number of thiol groups is 6. The van der Waals surface area contributed by atoms with E-state index in [0.717, 1.165) is 22.3 Å². The van der Waals surface area contributed by atoms with E-state index in [4.69, 9.17) is 33.2 Å². The van der Waals surface area contributed by atoms with Crippen LogP contribution in [0.2, 0.25) is 0 Å². The molecule has 0 bridgehead atoms. The minimum absolute atomic E-state index is 0.0189. The van der Waals surface area contributed by atoms with E-state index < -0.39 is 46.6 Å². The zero-order valence-electron chi connectivity index (χ0n) is 42.3. The van der Waals surface area contributed by atoms with Gasteiger partial charge in [0.2, 0.25) is 0 Å². The fourth-order valence-corrected chi connectivity index (χ4v) is 8.34. The van der Waals surface area contributed by atoms with Crippen LogP contribution in [0.5, 0.6) is 23.0 Å². The monoisotopic (exact) mass is 1180 g/mol. The van der Waals surface area contributed by atoms with Crippen LogP contribution >= 0.6 is 75.8 Å². The first-order valence-electron chi connectivity index (χ1n) is 24.3. The van der Waals surface area contributed by atoms with Crippen LogP contribution in [0.25, 0.3) is 0 Å². The highest BCUT2D eigenvalue weighted by Crippen LogP contribution is 2.44. The summed E-state index contributed by atoms with van der Waals surface area (Å²) in [5.41, 5.74) is 1.14. The first kappa shape index (κ1) is 66.2. The number of rotatable bonds is 33. The van der Waals surface area contributed by atoms with Gasteiger partial charge in [0.25, 0.3) is 0 Å². The van der Waals surface area contributed by atoms with E-state index in [1.807, 2.05) is 48.5 Å². The average molecular weight is 1180 g/mol. The van der Waals surface area contributed by atoms with Gasteiger partial charge in [-0.15, -0.1) is 0 Å². The minimum Gasteiger partial charge on any atom is -0.508 e. The van der Waals surface area contributed by atoms with Gasteiger partial charge in [-0.25, -0.2) is 0 Å². The third-order valence-electron chi connectivity index (χ3n) is 11.3. The molecule has 0 radical (unpaired) electrons. The summed E-state index contributed by atoms with van der Waals surface area (Å²) in [5, 5.41) is 39.2. The summed E-state index contributed by atoms with van der Waals surface area (Å²) in [6.07, 6.45) is -0.113. The SMILES string of the molecule is O=C(CCS)OCC(COCC(COC(=O)CCS)(COC(=O)CCS)COC(=O)CCS)(COC(=O)CCS)COC(=O)CCS.Oc1ccc(C(c2ccc(O)cc2)C(c2ccc(O)cc2)c2ccc(O)cc2)cc1. The Morgan fingerprint density at radius 1 is 0.312 bits per heavy atom. The second-order valence-corrected chi connectivity index (χ2v) is 20.3. The van der Waals surface area contributed by atoms with Crippen LogP contribution in [-0.2, 0) is 61.9 Å². The van der Waals surface area contributed by atoms with Crippen molar-refractivity contribution in [1.82, 2.24) is 0 Å². The second kappa shape index (κ2) is 36.2. The molecule has 4 aromatic carbocycles. The Hall–Kier alpha value is -5.04. The van der Waals surface area contributed by atoms with E-state index >= 15 is 0 Å². The molecule has 0 fully saturated rings. The number of aromatic hydroxyl groups is 4. The average Bonchev–Trinajstić information content (AvgIpc) is 3.43. The van der Waals surface area contributed by atoms with Gasteiger partial charge in [-0.05, 0) is 70.8 Å². The van der Waals surface area contributed by atoms with Crippen molar-refractivity contribution in [2.45, 2.75) is 50.4 Å². The lowest BCUT2D eigenvalue weighted by Gasteiger charge is -2.35. The van der Waals surface area contributed by atoms with Gasteiger partial charge in [-0.1, -0.05) is 48.5 Å². The maximum atomic E-state index is 12.3. The third-order valence-corrected chi connectivity index (χ3v) is 12.6. The first-order valence-corrected chi connectivity index (χ1v) is 28.1. The lowest BCUT2D eigenvalue weighted by molar-refractivity contribution is -0.174. The van der Waals surface area contributed by atoms with Crippen molar-refractivity contribution >= 4 is 112 Å². The highest BCUT2D eigenvalue weighted by Gasteiger charge is 2.41. The number of ether oxygens (including phenoxy) is 7. The van der Waals surface area contributed by atoms with Gasteiger partial charge in [-0.3, -0.25) is 28.8 Å². The van der Waals surface area contributed by atoms with Gasteiger partial charge in [-0.2, -0.15) is 75.8 Å². The largest absolute Gasteiger partial charge is 0.508 e. The van der Waals surface area contributed by atoms with Gasteiger partial charge in [0.15, 0.2) is 0 Å². The number of hydrogen-bond acceptors (Lipinski definition) is 23. The van der Waals surface area contributed by atoms with Crippen molar-refractivity contribution in [2.24, 2.45) is 10.8 Å². The molecule has 0 atom stereocenters. The molecule has 0 spiro atoms. The first-order chi connectivity index (χ1) is 36.9. The molecule has 77 heavy (non-hydrogen) atoms. The maximum Gasteiger partial charge on any atom is 0.306 e. The van der Waals surface area contributed by atoms with E-state index in [0.29, 0.717) is 0 Å².